The van der Waals surface area contributed by atoms with Crippen LogP contribution in [0.1, 0.15) is 45.4 Å². The third-order valence-corrected chi connectivity index (χ3v) is 5.60. The van der Waals surface area contributed by atoms with Gasteiger partial charge in [-0.3, -0.25) is 13.9 Å². The maximum absolute atomic E-state index is 12.8. The largest absolute Gasteiger partial charge is 0.359 e. The molecule has 134 valence electrons. The highest BCUT2D eigenvalue weighted by molar-refractivity contribution is 5.97. The Hall–Kier alpha value is -2.38. The SMILES string of the molecule is CCCN1c2nnc3c(c2NC12CCCCC2)c(=O)n(C)c(=O)n3C. The number of anilines is 2. The molecule has 4 rings (SSSR count). The van der Waals surface area contributed by atoms with Crippen LogP contribution in [0.4, 0.5) is 11.5 Å². The molecule has 25 heavy (non-hydrogen) atoms. The molecule has 1 saturated carbocycles. The van der Waals surface area contributed by atoms with E-state index in [0.29, 0.717) is 11.0 Å². The van der Waals surface area contributed by atoms with Gasteiger partial charge in [-0.05, 0) is 32.1 Å². The minimum Gasteiger partial charge on any atom is -0.359 e. The summed E-state index contributed by atoms with van der Waals surface area (Å²) in [4.78, 5) is 27.3. The van der Waals surface area contributed by atoms with E-state index in [1.165, 1.54) is 18.0 Å². The lowest BCUT2D eigenvalue weighted by Crippen LogP contribution is -2.52. The van der Waals surface area contributed by atoms with Crippen LogP contribution < -0.4 is 21.5 Å². The minimum atomic E-state index is -0.387. The highest BCUT2D eigenvalue weighted by Gasteiger charge is 2.46. The highest BCUT2D eigenvalue weighted by atomic mass is 16.2. The van der Waals surface area contributed by atoms with Gasteiger partial charge in [0.05, 0.1) is 5.69 Å². The summed E-state index contributed by atoms with van der Waals surface area (Å²) in [5, 5.41) is 12.8. The molecule has 1 aliphatic carbocycles. The number of nitrogens with one attached hydrogen (secondary N) is 1. The molecule has 0 saturated heterocycles. The number of hydrogen-bond donors (Lipinski definition) is 1. The molecule has 2 aliphatic rings. The molecule has 0 bridgehead atoms. The Morgan fingerprint density at radius 1 is 1.08 bits per heavy atom. The van der Waals surface area contributed by atoms with Crippen LogP contribution in [0.15, 0.2) is 9.59 Å². The molecule has 1 aliphatic heterocycles. The number of aromatic nitrogens is 4. The maximum Gasteiger partial charge on any atom is 0.332 e. The Balaban J connectivity index is 2.01. The predicted octanol–water partition coefficient (Wildman–Crippen LogP) is 1.33. The van der Waals surface area contributed by atoms with Crippen molar-refractivity contribution in [3.63, 3.8) is 0 Å². The van der Waals surface area contributed by atoms with Gasteiger partial charge in [-0.1, -0.05) is 13.3 Å². The topological polar surface area (TPSA) is 85.1 Å². The smallest absolute Gasteiger partial charge is 0.332 e. The predicted molar refractivity (Wildman–Crippen MR) is 97.1 cm³/mol. The summed E-state index contributed by atoms with van der Waals surface area (Å²) in [6, 6.07) is 0. The van der Waals surface area contributed by atoms with Crippen LogP contribution in [0.2, 0.25) is 0 Å². The summed E-state index contributed by atoms with van der Waals surface area (Å²) in [5.74, 6) is 0.743. The first-order chi connectivity index (χ1) is 12.0. The molecule has 1 fully saturated rings. The fourth-order valence-electron chi connectivity index (χ4n) is 4.31. The number of rotatable bonds is 2. The van der Waals surface area contributed by atoms with E-state index in [1.54, 1.807) is 7.05 Å². The lowest BCUT2D eigenvalue weighted by molar-refractivity contribution is 0.316. The normalized spacial score (nSPS) is 18.6. The van der Waals surface area contributed by atoms with Crippen molar-refractivity contribution in [3.05, 3.63) is 20.8 Å². The third kappa shape index (κ3) is 2.12. The molecule has 0 atom stereocenters. The second-order valence-corrected chi connectivity index (χ2v) is 7.17. The number of nitrogens with zero attached hydrogens (tertiary/aromatic N) is 5. The first kappa shape index (κ1) is 16.1. The van der Waals surface area contributed by atoms with Gasteiger partial charge in [0.25, 0.3) is 5.56 Å². The fourth-order valence-corrected chi connectivity index (χ4v) is 4.31. The van der Waals surface area contributed by atoms with Crippen molar-refractivity contribution in [2.24, 2.45) is 14.1 Å². The van der Waals surface area contributed by atoms with E-state index in [1.807, 2.05) is 0 Å². The van der Waals surface area contributed by atoms with Gasteiger partial charge in [0.1, 0.15) is 11.0 Å². The quantitative estimate of drug-likeness (QED) is 0.885. The molecule has 3 heterocycles. The van der Waals surface area contributed by atoms with Crippen LogP contribution in [-0.4, -0.2) is 31.5 Å². The average molecular weight is 344 g/mol. The van der Waals surface area contributed by atoms with E-state index in [2.05, 4.69) is 27.3 Å². The molecule has 1 N–H and O–H groups in total. The van der Waals surface area contributed by atoms with E-state index in [4.69, 9.17) is 0 Å². The van der Waals surface area contributed by atoms with Gasteiger partial charge < -0.3 is 10.2 Å². The van der Waals surface area contributed by atoms with Crippen molar-refractivity contribution >= 4 is 22.5 Å². The van der Waals surface area contributed by atoms with Gasteiger partial charge in [-0.25, -0.2) is 4.79 Å². The van der Waals surface area contributed by atoms with E-state index in [-0.39, 0.29) is 16.9 Å². The summed E-state index contributed by atoms with van der Waals surface area (Å²) in [6.45, 7) is 3.01. The summed E-state index contributed by atoms with van der Waals surface area (Å²) < 4.78 is 2.53. The van der Waals surface area contributed by atoms with Crippen molar-refractivity contribution in [2.45, 2.75) is 51.1 Å². The van der Waals surface area contributed by atoms with E-state index in [0.717, 1.165) is 54.7 Å². The lowest BCUT2D eigenvalue weighted by atomic mass is 9.88. The Morgan fingerprint density at radius 2 is 1.80 bits per heavy atom. The third-order valence-electron chi connectivity index (χ3n) is 5.60. The maximum atomic E-state index is 12.8. The van der Waals surface area contributed by atoms with E-state index >= 15 is 0 Å². The molecular weight excluding hydrogens is 320 g/mol. The van der Waals surface area contributed by atoms with Gasteiger partial charge in [0.15, 0.2) is 11.5 Å². The molecule has 0 aromatic carbocycles. The van der Waals surface area contributed by atoms with Crippen LogP contribution >= 0.6 is 0 Å². The molecule has 0 radical (unpaired) electrons. The lowest BCUT2D eigenvalue weighted by Gasteiger charge is -2.42. The summed E-state index contributed by atoms with van der Waals surface area (Å²) >= 11 is 0. The molecule has 8 heteroatoms. The zero-order chi connectivity index (χ0) is 17.8. The number of fused-ring (bicyclic) bond motifs is 3. The van der Waals surface area contributed by atoms with Gasteiger partial charge in [0, 0.05) is 20.6 Å². The molecule has 2 aromatic rings. The molecular formula is C17H24N6O2. The summed E-state index contributed by atoms with van der Waals surface area (Å²) in [6.07, 6.45) is 6.59. The molecule has 0 unspecified atom stereocenters. The van der Waals surface area contributed by atoms with Crippen LogP contribution in [0.25, 0.3) is 11.0 Å². The number of aryl methyl sites for hydroxylation is 1. The van der Waals surface area contributed by atoms with Crippen molar-refractivity contribution in [1.29, 1.82) is 0 Å². The van der Waals surface area contributed by atoms with Gasteiger partial charge >= 0.3 is 5.69 Å². The van der Waals surface area contributed by atoms with E-state index in [9.17, 15) is 9.59 Å². The molecule has 2 aromatic heterocycles. The Labute approximate surface area is 145 Å². The Morgan fingerprint density at radius 3 is 2.48 bits per heavy atom. The summed E-state index contributed by atoms with van der Waals surface area (Å²) in [5.41, 5.74) is 0.183. The second kappa shape index (κ2) is 5.57. The van der Waals surface area contributed by atoms with Crippen molar-refractivity contribution in [2.75, 3.05) is 16.8 Å². The highest BCUT2D eigenvalue weighted by Crippen LogP contribution is 2.46. The van der Waals surface area contributed by atoms with Crippen LogP contribution in [0.5, 0.6) is 0 Å². The van der Waals surface area contributed by atoms with Crippen LogP contribution in [0, 0.1) is 0 Å². The number of hydrogen-bond acceptors (Lipinski definition) is 6. The second-order valence-electron chi connectivity index (χ2n) is 7.17. The molecule has 8 nitrogen and oxygen atoms in total. The Bertz CT molecular complexity index is 954. The van der Waals surface area contributed by atoms with Gasteiger partial charge in [-0.2, -0.15) is 0 Å². The van der Waals surface area contributed by atoms with Crippen LogP contribution in [-0.2, 0) is 14.1 Å². The Kier molecular flexibility index (Phi) is 3.59. The van der Waals surface area contributed by atoms with Crippen molar-refractivity contribution in [1.82, 2.24) is 19.3 Å². The first-order valence-electron chi connectivity index (χ1n) is 9.02. The van der Waals surface area contributed by atoms with Crippen molar-refractivity contribution < 1.29 is 0 Å². The zero-order valence-corrected chi connectivity index (χ0v) is 15.0. The van der Waals surface area contributed by atoms with Crippen LogP contribution in [0.3, 0.4) is 0 Å². The standard InChI is InChI=1S/C17H24N6O2/c1-4-10-23-14-12(18-17(23)8-6-5-7-9-17)11-13(19-20-14)21(2)16(25)22(3)15(11)24/h18H,4-10H2,1-3H3. The van der Waals surface area contributed by atoms with Gasteiger partial charge in [0.2, 0.25) is 0 Å². The van der Waals surface area contributed by atoms with Crippen molar-refractivity contribution in [3.8, 4) is 0 Å². The minimum absolute atomic E-state index is 0.181. The fraction of sp³-hybridized carbons (Fsp3) is 0.647. The zero-order valence-electron chi connectivity index (χ0n) is 15.0. The van der Waals surface area contributed by atoms with E-state index < -0.39 is 0 Å². The monoisotopic (exact) mass is 344 g/mol. The summed E-state index contributed by atoms with van der Waals surface area (Å²) in [7, 11) is 3.13. The molecule has 0 amide bonds. The average Bonchev–Trinajstić information content (AvgIpc) is 2.91. The van der Waals surface area contributed by atoms with Gasteiger partial charge in [-0.15, -0.1) is 10.2 Å². The molecule has 1 spiro atoms. The first-order valence-corrected chi connectivity index (χ1v) is 9.02.